The van der Waals surface area contributed by atoms with Gasteiger partial charge in [-0.2, -0.15) is 0 Å². The highest BCUT2D eigenvalue weighted by atomic mass is 16.5. The summed E-state index contributed by atoms with van der Waals surface area (Å²) >= 11 is 0. The van der Waals surface area contributed by atoms with Gasteiger partial charge in [0.15, 0.2) is 0 Å². The summed E-state index contributed by atoms with van der Waals surface area (Å²) < 4.78 is 0. The molecule has 0 radical (unpaired) electrons. The molecule has 0 aliphatic heterocycles. The first-order valence-electron chi connectivity index (χ1n) is 11.2. The van der Waals surface area contributed by atoms with Crippen molar-refractivity contribution in [1.29, 1.82) is 0 Å². The van der Waals surface area contributed by atoms with Gasteiger partial charge in [-0.25, -0.2) is 5.48 Å². The lowest BCUT2D eigenvalue weighted by Gasteiger charge is -2.17. The van der Waals surface area contributed by atoms with Crippen molar-refractivity contribution in [2.24, 2.45) is 0 Å². The van der Waals surface area contributed by atoms with Gasteiger partial charge < -0.3 is 21.1 Å². The van der Waals surface area contributed by atoms with Gasteiger partial charge in [0.1, 0.15) is 6.04 Å². The minimum Gasteiger partial charge on any atom is -0.392 e. The summed E-state index contributed by atoms with van der Waals surface area (Å²) in [6, 6.07) is 13.2. The molecule has 1 atom stereocenters. The summed E-state index contributed by atoms with van der Waals surface area (Å²) in [5, 5.41) is 26.2. The number of aliphatic hydroxyl groups excluding tert-OH is 1. The van der Waals surface area contributed by atoms with E-state index in [0.717, 1.165) is 29.5 Å². The van der Waals surface area contributed by atoms with Crippen LogP contribution in [0.15, 0.2) is 54.6 Å². The van der Waals surface area contributed by atoms with E-state index in [1.807, 2.05) is 24.3 Å². The zero-order chi connectivity index (χ0) is 25.0. The minimum absolute atomic E-state index is 0.00839. The highest BCUT2D eigenvalue weighted by Crippen LogP contribution is 2.17. The van der Waals surface area contributed by atoms with Gasteiger partial charge in [-0.15, -0.1) is 0 Å². The Labute approximate surface area is 203 Å². The number of aliphatic hydroxyl groups is 1. The first-order valence-corrected chi connectivity index (χ1v) is 11.2. The van der Waals surface area contributed by atoms with Crippen LogP contribution in [-0.4, -0.2) is 53.2 Å². The quantitative estimate of drug-likeness (QED) is 0.170. The first-order chi connectivity index (χ1) is 17.0. The number of benzene rings is 2. The molecular formula is C26H28N4O5. The topological polar surface area (TPSA) is 140 Å². The number of allylic oxidation sites excluding steroid dienone is 1. The number of hydroxylamine groups is 1. The van der Waals surface area contributed by atoms with Crippen molar-refractivity contribution in [2.75, 3.05) is 13.1 Å². The maximum absolute atomic E-state index is 12.6. The van der Waals surface area contributed by atoms with Gasteiger partial charge in [-0.05, 0) is 60.4 Å². The van der Waals surface area contributed by atoms with Gasteiger partial charge in [0.2, 0.25) is 5.91 Å². The molecular weight excluding hydrogens is 448 g/mol. The van der Waals surface area contributed by atoms with Crippen molar-refractivity contribution in [2.45, 2.75) is 31.5 Å². The molecule has 1 saturated carbocycles. The Bertz CT molecular complexity index is 1110. The highest BCUT2D eigenvalue weighted by molar-refractivity contribution is 5.97. The number of amides is 3. The zero-order valence-corrected chi connectivity index (χ0v) is 19.1. The fraction of sp³-hybridized carbons (Fsp3) is 0.269. The van der Waals surface area contributed by atoms with Gasteiger partial charge in [0.05, 0.1) is 13.2 Å². The lowest BCUT2D eigenvalue weighted by Crippen LogP contribution is -2.52. The van der Waals surface area contributed by atoms with Gasteiger partial charge in [-0.3, -0.25) is 19.6 Å². The summed E-state index contributed by atoms with van der Waals surface area (Å²) in [4.78, 5) is 36.4. The summed E-state index contributed by atoms with van der Waals surface area (Å²) in [6.45, 7) is -0.0432. The molecule has 6 N–H and O–H groups in total. The average molecular weight is 477 g/mol. The second-order valence-electron chi connectivity index (χ2n) is 8.04. The Morgan fingerprint density at radius 2 is 1.77 bits per heavy atom. The predicted octanol–water partition coefficient (Wildman–Crippen LogP) is 0.716. The molecule has 1 fully saturated rings. The van der Waals surface area contributed by atoms with Crippen molar-refractivity contribution >= 4 is 23.8 Å². The Morgan fingerprint density at radius 1 is 1.06 bits per heavy atom. The molecule has 2 aromatic carbocycles. The molecule has 1 aliphatic rings. The number of nitrogens with one attached hydrogen (secondary N) is 4. The Balaban J connectivity index is 1.51. The smallest absolute Gasteiger partial charge is 0.267 e. The van der Waals surface area contributed by atoms with E-state index in [4.69, 9.17) is 10.3 Å². The van der Waals surface area contributed by atoms with Crippen molar-refractivity contribution in [1.82, 2.24) is 21.4 Å². The van der Waals surface area contributed by atoms with E-state index in [-0.39, 0.29) is 25.6 Å². The normalized spacial score (nSPS) is 13.4. The highest BCUT2D eigenvalue weighted by Gasteiger charge is 2.23. The summed E-state index contributed by atoms with van der Waals surface area (Å²) in [5.74, 6) is 4.27. The van der Waals surface area contributed by atoms with Gasteiger partial charge in [-0.1, -0.05) is 36.1 Å². The maximum Gasteiger partial charge on any atom is 0.267 e. The summed E-state index contributed by atoms with van der Waals surface area (Å²) in [7, 11) is 0. The number of carbonyl (C=O) groups is 3. The van der Waals surface area contributed by atoms with E-state index < -0.39 is 17.9 Å². The van der Waals surface area contributed by atoms with Crippen LogP contribution < -0.4 is 21.4 Å². The van der Waals surface area contributed by atoms with Crippen molar-refractivity contribution in [3.63, 3.8) is 0 Å². The minimum atomic E-state index is -1.14. The standard InChI is InChI=1S/C26H28N4O5/c31-17-20-7-5-18(6-8-20)3-1-2-4-19-9-11-21(12-10-19)25(33)29-23(26(34)30-35)15-28-24(32)16-27-22-13-14-22/h2,4-12,22-23,27,31,35H,13-17H2,(H,28,32)(H,29,33)(H,30,34)/t23-/m0/s1. The molecule has 9 heteroatoms. The molecule has 0 aromatic heterocycles. The lowest BCUT2D eigenvalue weighted by atomic mass is 10.1. The van der Waals surface area contributed by atoms with Crippen LogP contribution in [0, 0.1) is 11.8 Å². The zero-order valence-electron chi connectivity index (χ0n) is 19.1. The molecule has 0 heterocycles. The third kappa shape index (κ3) is 8.72. The van der Waals surface area contributed by atoms with E-state index in [1.165, 1.54) is 5.48 Å². The van der Waals surface area contributed by atoms with Crippen LogP contribution in [-0.2, 0) is 16.2 Å². The third-order valence-electron chi connectivity index (χ3n) is 5.25. The molecule has 0 saturated heterocycles. The van der Waals surface area contributed by atoms with Crippen LogP contribution in [0.5, 0.6) is 0 Å². The first kappa shape index (κ1) is 25.6. The van der Waals surface area contributed by atoms with E-state index in [2.05, 4.69) is 27.8 Å². The molecule has 3 rings (SSSR count). The largest absolute Gasteiger partial charge is 0.392 e. The van der Waals surface area contributed by atoms with Crippen LogP contribution >= 0.6 is 0 Å². The molecule has 0 unspecified atom stereocenters. The van der Waals surface area contributed by atoms with Crippen LogP contribution in [0.2, 0.25) is 0 Å². The monoisotopic (exact) mass is 476 g/mol. The molecule has 1 aliphatic carbocycles. The second kappa shape index (κ2) is 13.1. The Morgan fingerprint density at radius 3 is 2.40 bits per heavy atom. The number of rotatable bonds is 10. The third-order valence-corrected chi connectivity index (χ3v) is 5.25. The van der Waals surface area contributed by atoms with Gasteiger partial charge in [0, 0.05) is 23.7 Å². The van der Waals surface area contributed by atoms with Crippen LogP contribution in [0.25, 0.3) is 6.08 Å². The second-order valence-corrected chi connectivity index (χ2v) is 8.04. The van der Waals surface area contributed by atoms with Crippen LogP contribution in [0.1, 0.15) is 39.9 Å². The molecule has 182 valence electrons. The van der Waals surface area contributed by atoms with Crippen molar-refractivity contribution in [3.05, 3.63) is 76.9 Å². The van der Waals surface area contributed by atoms with Crippen LogP contribution in [0.3, 0.4) is 0 Å². The van der Waals surface area contributed by atoms with Gasteiger partial charge >= 0.3 is 0 Å². The van der Waals surface area contributed by atoms with E-state index >= 15 is 0 Å². The van der Waals surface area contributed by atoms with E-state index in [9.17, 15) is 14.4 Å². The molecule has 0 spiro atoms. The Hall–Kier alpha value is -3.97. The average Bonchev–Trinajstić information content (AvgIpc) is 3.72. The molecule has 0 bridgehead atoms. The number of hydrogen-bond acceptors (Lipinski definition) is 6. The lowest BCUT2D eigenvalue weighted by molar-refractivity contribution is -0.131. The molecule has 3 amide bonds. The fourth-order valence-corrected chi connectivity index (χ4v) is 3.03. The SMILES string of the molecule is O=C(CNC1CC1)NC[C@H](NC(=O)c1ccc(C=CC#Cc2ccc(CO)cc2)cc1)C(=O)NO. The van der Waals surface area contributed by atoms with E-state index in [0.29, 0.717) is 11.6 Å². The number of carbonyl (C=O) groups excluding carboxylic acids is 3. The van der Waals surface area contributed by atoms with Crippen molar-refractivity contribution < 1.29 is 24.7 Å². The Kier molecular flexibility index (Phi) is 9.57. The molecule has 2 aromatic rings. The summed E-state index contributed by atoms with van der Waals surface area (Å²) in [6.07, 6.45) is 5.57. The van der Waals surface area contributed by atoms with Crippen LogP contribution in [0.4, 0.5) is 0 Å². The molecule has 9 nitrogen and oxygen atoms in total. The summed E-state index contributed by atoms with van der Waals surface area (Å²) in [5.41, 5.74) is 4.30. The van der Waals surface area contributed by atoms with Gasteiger partial charge in [0.25, 0.3) is 11.8 Å². The maximum atomic E-state index is 12.6. The molecule has 35 heavy (non-hydrogen) atoms. The van der Waals surface area contributed by atoms with Crippen molar-refractivity contribution in [3.8, 4) is 11.8 Å². The fourth-order valence-electron chi connectivity index (χ4n) is 3.03. The number of hydrogen-bond donors (Lipinski definition) is 6. The predicted molar refractivity (Wildman–Crippen MR) is 130 cm³/mol. The van der Waals surface area contributed by atoms with E-state index in [1.54, 1.807) is 36.4 Å².